The summed E-state index contributed by atoms with van der Waals surface area (Å²) >= 11 is 0. The van der Waals surface area contributed by atoms with Crippen molar-refractivity contribution in [2.75, 3.05) is 0 Å². The van der Waals surface area contributed by atoms with Crippen molar-refractivity contribution in [3.05, 3.63) is 11.3 Å². The normalized spacial score (nSPS) is 20.4. The lowest BCUT2D eigenvalue weighted by molar-refractivity contribution is 0.393. The Balaban J connectivity index is 2.86. The van der Waals surface area contributed by atoms with Crippen LogP contribution >= 0.6 is 0 Å². The Kier molecular flexibility index (Phi) is 1.08. The quantitative estimate of drug-likeness (QED) is 0.470. The molecular formula is C6H9O2+. The molecule has 0 aromatic heterocycles. The average Bonchev–Trinajstić information content (AvgIpc) is 1.98. The molecule has 2 nitrogen and oxygen atoms in total. The van der Waals surface area contributed by atoms with E-state index in [1.54, 1.807) is 6.92 Å². The Bertz CT molecular complexity index is 156. The van der Waals surface area contributed by atoms with E-state index in [1.165, 1.54) is 0 Å². The minimum atomic E-state index is 0.336. The molecule has 0 unspecified atom stereocenters. The van der Waals surface area contributed by atoms with E-state index in [0.29, 0.717) is 30.0 Å². The van der Waals surface area contributed by atoms with Gasteiger partial charge in [0, 0.05) is 6.42 Å². The molecule has 1 aliphatic rings. The van der Waals surface area contributed by atoms with E-state index >= 15 is 0 Å². The van der Waals surface area contributed by atoms with Crippen LogP contribution in [-0.2, 0) is 0 Å². The number of allylic oxidation sites excluding steroid dienone is 2. The lowest BCUT2D eigenvalue weighted by atomic mass is 10.2. The molecule has 8 heavy (non-hydrogen) atoms. The van der Waals surface area contributed by atoms with Gasteiger partial charge < -0.3 is 5.11 Å². The number of carbonyl (C=O) groups excluding carboxylic acids is 1. The van der Waals surface area contributed by atoms with Crippen LogP contribution < -0.4 is 0 Å². The molecule has 0 aromatic rings. The number of aliphatic hydroxyl groups is 1. The van der Waals surface area contributed by atoms with Crippen LogP contribution in [-0.4, -0.2) is 15.7 Å². The van der Waals surface area contributed by atoms with Gasteiger partial charge in [0.25, 0.3) is 0 Å². The molecule has 0 spiro atoms. The number of rotatable bonds is 0. The van der Waals surface area contributed by atoms with Crippen molar-refractivity contribution < 1.29 is 9.90 Å². The van der Waals surface area contributed by atoms with E-state index in [4.69, 9.17) is 9.90 Å². The number of aliphatic hydroxyl groups excluding tert-OH is 1. The number of hydrogen-bond acceptors (Lipinski definition) is 1. The highest BCUT2D eigenvalue weighted by Gasteiger charge is 2.23. The minimum Gasteiger partial charge on any atom is -0.512 e. The Morgan fingerprint density at radius 3 is 2.25 bits per heavy atom. The zero-order chi connectivity index (χ0) is 6.15. The largest absolute Gasteiger partial charge is 0.512 e. The molecule has 0 heterocycles. The molecule has 2 heteroatoms. The molecule has 0 aliphatic heterocycles. The monoisotopic (exact) mass is 113 g/mol. The van der Waals surface area contributed by atoms with Crippen molar-refractivity contribution in [2.45, 2.75) is 19.8 Å². The summed E-state index contributed by atoms with van der Waals surface area (Å²) in [5.74, 6) is 0.671. The van der Waals surface area contributed by atoms with Crippen molar-refractivity contribution in [3.8, 4) is 0 Å². The van der Waals surface area contributed by atoms with Gasteiger partial charge in [0.05, 0.1) is 12.0 Å². The van der Waals surface area contributed by atoms with Crippen LogP contribution in [0.15, 0.2) is 11.3 Å². The fraction of sp³-hybridized carbons (Fsp3) is 0.500. The Labute approximate surface area is 47.8 Å². The lowest BCUT2D eigenvalue weighted by Gasteiger charge is -1.83. The first kappa shape index (κ1) is 5.35. The summed E-state index contributed by atoms with van der Waals surface area (Å²) in [6.45, 7) is 1.72. The maximum Gasteiger partial charge on any atom is 0.323 e. The van der Waals surface area contributed by atoms with Crippen LogP contribution in [0.5, 0.6) is 0 Å². The van der Waals surface area contributed by atoms with Crippen LogP contribution in [0.2, 0.25) is 0 Å². The zero-order valence-electron chi connectivity index (χ0n) is 4.81. The van der Waals surface area contributed by atoms with Gasteiger partial charge in [-0.1, -0.05) is 0 Å². The van der Waals surface area contributed by atoms with E-state index in [9.17, 15) is 0 Å². The van der Waals surface area contributed by atoms with Gasteiger partial charge >= 0.3 is 5.78 Å². The minimum absolute atomic E-state index is 0.336. The Morgan fingerprint density at radius 1 is 1.50 bits per heavy atom. The second kappa shape index (κ2) is 1.62. The number of hydrogen-bond donors (Lipinski definition) is 1. The van der Waals surface area contributed by atoms with E-state index in [0.717, 1.165) is 0 Å². The van der Waals surface area contributed by atoms with Gasteiger partial charge in [0.1, 0.15) is 5.76 Å². The second-order valence-electron chi connectivity index (χ2n) is 2.02. The lowest BCUT2D eigenvalue weighted by Crippen LogP contribution is -1.90. The summed E-state index contributed by atoms with van der Waals surface area (Å²) in [5, 5.41) is 8.87. The van der Waals surface area contributed by atoms with Gasteiger partial charge in [-0.15, -0.1) is 0 Å². The highest BCUT2D eigenvalue weighted by molar-refractivity contribution is 5.98. The third-order valence-corrected chi connectivity index (χ3v) is 1.46. The van der Waals surface area contributed by atoms with Crippen LogP contribution in [0.3, 0.4) is 0 Å². The first-order valence-electron chi connectivity index (χ1n) is 2.65. The summed E-state index contributed by atoms with van der Waals surface area (Å²) < 4.78 is 0. The van der Waals surface area contributed by atoms with Gasteiger partial charge in [-0.2, -0.15) is 0 Å². The molecule has 0 saturated carbocycles. The summed E-state index contributed by atoms with van der Waals surface area (Å²) in [5.41, 5.74) is 0.657. The third kappa shape index (κ3) is 0.619. The SMILES string of the molecule is CC1=C(O)CCC1=[OH+]. The molecule has 1 aliphatic carbocycles. The highest BCUT2D eigenvalue weighted by Crippen LogP contribution is 2.18. The van der Waals surface area contributed by atoms with Gasteiger partial charge in [-0.3, -0.25) is 4.79 Å². The molecule has 0 atom stereocenters. The molecule has 0 aromatic carbocycles. The predicted molar refractivity (Wildman–Crippen MR) is 31.5 cm³/mol. The summed E-state index contributed by atoms with van der Waals surface area (Å²) in [7, 11) is 0. The van der Waals surface area contributed by atoms with E-state index < -0.39 is 0 Å². The molecule has 0 saturated heterocycles. The maximum atomic E-state index is 8.87. The van der Waals surface area contributed by atoms with Gasteiger partial charge in [0.15, 0.2) is 0 Å². The first-order valence-corrected chi connectivity index (χ1v) is 2.65. The first-order chi connectivity index (χ1) is 3.72. The van der Waals surface area contributed by atoms with Crippen LogP contribution in [0.25, 0.3) is 0 Å². The van der Waals surface area contributed by atoms with Crippen molar-refractivity contribution >= 4 is 5.78 Å². The molecular weight excluding hydrogens is 104 g/mol. The van der Waals surface area contributed by atoms with Crippen LogP contribution in [0, 0.1) is 0 Å². The molecule has 44 valence electrons. The predicted octanol–water partition coefficient (Wildman–Crippen LogP) is 1.16. The van der Waals surface area contributed by atoms with E-state index in [2.05, 4.69) is 0 Å². The van der Waals surface area contributed by atoms with Gasteiger partial charge in [-0.05, 0) is 6.92 Å². The smallest absolute Gasteiger partial charge is 0.323 e. The average molecular weight is 113 g/mol. The molecule has 0 bridgehead atoms. The van der Waals surface area contributed by atoms with Crippen LogP contribution in [0.4, 0.5) is 0 Å². The van der Waals surface area contributed by atoms with E-state index in [1.807, 2.05) is 0 Å². The topological polar surface area (TPSA) is 41.6 Å². The highest BCUT2D eigenvalue weighted by atomic mass is 16.3. The van der Waals surface area contributed by atoms with Crippen molar-refractivity contribution in [2.24, 2.45) is 0 Å². The summed E-state index contributed by atoms with van der Waals surface area (Å²) in [6, 6.07) is 0. The number of ketones is 1. The fourth-order valence-electron chi connectivity index (χ4n) is 0.778. The molecule has 1 rings (SSSR count). The fourth-order valence-corrected chi connectivity index (χ4v) is 0.778. The van der Waals surface area contributed by atoms with Gasteiger partial charge in [-0.25, -0.2) is 0 Å². The third-order valence-electron chi connectivity index (χ3n) is 1.46. The van der Waals surface area contributed by atoms with Crippen molar-refractivity contribution in [3.63, 3.8) is 0 Å². The van der Waals surface area contributed by atoms with Crippen LogP contribution in [0.1, 0.15) is 19.8 Å². The Hall–Kier alpha value is -0.790. The summed E-state index contributed by atoms with van der Waals surface area (Å²) in [4.78, 5) is 8.87. The molecule has 0 radical (unpaired) electrons. The maximum absolute atomic E-state index is 8.87. The molecule has 0 fully saturated rings. The standard InChI is InChI=1S/C6H8O2/c1-4-5(7)2-3-6(4)8/h7H,2-3H2,1H3/p+1. The van der Waals surface area contributed by atoms with Gasteiger partial charge in [0.2, 0.25) is 0 Å². The van der Waals surface area contributed by atoms with E-state index in [-0.39, 0.29) is 0 Å². The molecule has 2 N–H and O–H groups in total. The summed E-state index contributed by atoms with van der Waals surface area (Å²) in [6.07, 6.45) is 1.22. The second-order valence-corrected chi connectivity index (χ2v) is 2.02. The Morgan fingerprint density at radius 2 is 2.12 bits per heavy atom. The molecule has 0 amide bonds. The van der Waals surface area contributed by atoms with Crippen molar-refractivity contribution in [1.29, 1.82) is 0 Å². The van der Waals surface area contributed by atoms with Crippen molar-refractivity contribution in [1.82, 2.24) is 0 Å². The zero-order valence-corrected chi connectivity index (χ0v) is 4.81.